The van der Waals surface area contributed by atoms with Gasteiger partial charge in [-0.3, -0.25) is 14.3 Å². The van der Waals surface area contributed by atoms with Crippen molar-refractivity contribution < 1.29 is 9.59 Å². The highest BCUT2D eigenvalue weighted by Gasteiger charge is 2.16. The third-order valence-electron chi connectivity index (χ3n) is 4.84. The Bertz CT molecular complexity index is 779. The maximum Gasteiger partial charge on any atom is 0.223 e. The van der Waals surface area contributed by atoms with Crippen LogP contribution in [0.15, 0.2) is 30.6 Å². The molecule has 5 heteroatoms. The molecule has 0 atom stereocenters. The molecule has 1 aliphatic rings. The van der Waals surface area contributed by atoms with E-state index in [0.717, 1.165) is 24.0 Å². The molecular weight excluding hydrogens is 314 g/mol. The summed E-state index contributed by atoms with van der Waals surface area (Å²) in [5, 5.41) is 4.10. The molecule has 0 N–H and O–H groups in total. The van der Waals surface area contributed by atoms with Gasteiger partial charge < -0.3 is 4.90 Å². The van der Waals surface area contributed by atoms with Crippen molar-refractivity contribution in [3.63, 3.8) is 0 Å². The van der Waals surface area contributed by atoms with Crippen LogP contribution >= 0.6 is 0 Å². The summed E-state index contributed by atoms with van der Waals surface area (Å²) in [6.45, 7) is 0.514. The number of hydrogen-bond donors (Lipinski definition) is 0. The normalized spacial score (nSPS) is 13.4. The summed E-state index contributed by atoms with van der Waals surface area (Å²) in [4.78, 5) is 26.4. The molecule has 1 aliphatic carbocycles. The largest absolute Gasteiger partial charge is 0.341 e. The fraction of sp³-hybridized carbons (Fsp3) is 0.450. The highest BCUT2D eigenvalue weighted by atomic mass is 16.2. The van der Waals surface area contributed by atoms with E-state index in [0.29, 0.717) is 6.54 Å². The van der Waals surface area contributed by atoms with Gasteiger partial charge >= 0.3 is 0 Å². The summed E-state index contributed by atoms with van der Waals surface area (Å²) >= 11 is 0. The second-order valence-corrected chi connectivity index (χ2v) is 6.89. The van der Waals surface area contributed by atoms with Crippen LogP contribution in [0.1, 0.15) is 52.7 Å². The van der Waals surface area contributed by atoms with Gasteiger partial charge in [0.15, 0.2) is 5.78 Å². The number of fused-ring (bicyclic) bond motifs is 1. The average Bonchev–Trinajstić information content (AvgIpc) is 3.03. The first-order valence-electron chi connectivity index (χ1n) is 8.89. The van der Waals surface area contributed by atoms with Crippen LogP contribution in [0, 0.1) is 0 Å². The maximum absolute atomic E-state index is 12.4. The van der Waals surface area contributed by atoms with E-state index in [-0.39, 0.29) is 24.5 Å². The van der Waals surface area contributed by atoms with Crippen LogP contribution in [0.5, 0.6) is 0 Å². The van der Waals surface area contributed by atoms with Crippen molar-refractivity contribution in [3.05, 3.63) is 52.8 Å². The Kier molecular flexibility index (Phi) is 5.31. The molecule has 132 valence electrons. The van der Waals surface area contributed by atoms with Crippen LogP contribution in [-0.4, -0.2) is 33.4 Å². The van der Waals surface area contributed by atoms with Crippen LogP contribution < -0.4 is 0 Å². The maximum atomic E-state index is 12.4. The lowest BCUT2D eigenvalue weighted by molar-refractivity contribution is -0.130. The van der Waals surface area contributed by atoms with E-state index < -0.39 is 0 Å². The predicted octanol–water partition coefficient (Wildman–Crippen LogP) is 2.92. The molecule has 25 heavy (non-hydrogen) atoms. The zero-order chi connectivity index (χ0) is 17.8. The van der Waals surface area contributed by atoms with E-state index >= 15 is 0 Å². The van der Waals surface area contributed by atoms with Crippen molar-refractivity contribution in [2.45, 2.75) is 45.1 Å². The number of benzene rings is 1. The summed E-state index contributed by atoms with van der Waals surface area (Å²) in [7, 11) is 3.61. The number of rotatable bonds is 6. The quantitative estimate of drug-likeness (QED) is 0.761. The Balaban J connectivity index is 1.53. The van der Waals surface area contributed by atoms with Crippen molar-refractivity contribution in [2.75, 3.05) is 7.05 Å². The van der Waals surface area contributed by atoms with E-state index in [2.05, 4.69) is 11.2 Å². The van der Waals surface area contributed by atoms with E-state index in [1.54, 1.807) is 22.8 Å². The fourth-order valence-corrected chi connectivity index (χ4v) is 3.38. The molecular formula is C20H25N3O2. The zero-order valence-corrected chi connectivity index (χ0v) is 15.0. The Morgan fingerprint density at radius 1 is 1.16 bits per heavy atom. The number of aryl methyl sites for hydroxylation is 3. The smallest absolute Gasteiger partial charge is 0.223 e. The third-order valence-corrected chi connectivity index (χ3v) is 4.84. The highest BCUT2D eigenvalue weighted by Crippen LogP contribution is 2.23. The van der Waals surface area contributed by atoms with E-state index in [4.69, 9.17) is 0 Å². The fourth-order valence-electron chi connectivity index (χ4n) is 3.38. The monoisotopic (exact) mass is 339 g/mol. The van der Waals surface area contributed by atoms with Crippen LogP contribution in [0.3, 0.4) is 0 Å². The Morgan fingerprint density at radius 3 is 2.64 bits per heavy atom. The molecule has 0 saturated carbocycles. The molecule has 1 aromatic heterocycles. The molecule has 1 heterocycles. The Hall–Kier alpha value is -2.43. The minimum Gasteiger partial charge on any atom is -0.341 e. The van der Waals surface area contributed by atoms with Crippen molar-refractivity contribution in [1.82, 2.24) is 14.7 Å². The zero-order valence-electron chi connectivity index (χ0n) is 15.0. The minimum atomic E-state index is -0.0184. The summed E-state index contributed by atoms with van der Waals surface area (Å²) in [6.07, 6.45) is 8.75. The number of ketones is 1. The van der Waals surface area contributed by atoms with Gasteiger partial charge in [0.05, 0.1) is 6.20 Å². The molecule has 2 aromatic rings. The van der Waals surface area contributed by atoms with E-state index in [9.17, 15) is 9.59 Å². The molecule has 0 unspecified atom stereocenters. The van der Waals surface area contributed by atoms with Crippen LogP contribution in [0.25, 0.3) is 0 Å². The van der Waals surface area contributed by atoms with Crippen molar-refractivity contribution in [3.8, 4) is 0 Å². The van der Waals surface area contributed by atoms with Gasteiger partial charge in [0, 0.05) is 50.8 Å². The second-order valence-electron chi connectivity index (χ2n) is 6.89. The van der Waals surface area contributed by atoms with Gasteiger partial charge in [0.2, 0.25) is 5.91 Å². The summed E-state index contributed by atoms with van der Waals surface area (Å²) in [6, 6.07) is 6.02. The highest BCUT2D eigenvalue weighted by molar-refractivity contribution is 5.98. The molecule has 0 radical (unpaired) electrons. The van der Waals surface area contributed by atoms with Gasteiger partial charge in [-0.15, -0.1) is 0 Å². The Labute approximate surface area is 148 Å². The number of carbonyl (C=O) groups excluding carboxylic acids is 2. The van der Waals surface area contributed by atoms with E-state index in [1.807, 2.05) is 25.4 Å². The lowest BCUT2D eigenvalue weighted by atomic mass is 9.89. The molecule has 0 saturated heterocycles. The first-order valence-corrected chi connectivity index (χ1v) is 8.89. The SMILES string of the molecule is CN(Cc1cnn(C)c1)C(=O)CCC(=O)c1ccc2c(c1)CCCC2. The first kappa shape index (κ1) is 17.4. The molecule has 0 aliphatic heterocycles. The molecule has 1 aromatic carbocycles. The number of nitrogens with zero attached hydrogens (tertiary/aromatic N) is 3. The lowest BCUT2D eigenvalue weighted by Gasteiger charge is -2.17. The van der Waals surface area contributed by atoms with Gasteiger partial charge in [-0.1, -0.05) is 12.1 Å². The first-order chi connectivity index (χ1) is 12.0. The minimum absolute atomic E-state index is 0.0184. The van der Waals surface area contributed by atoms with Crippen LogP contribution in [-0.2, 0) is 31.2 Å². The molecule has 3 rings (SSSR count). The van der Waals surface area contributed by atoms with Gasteiger partial charge in [0.25, 0.3) is 0 Å². The second kappa shape index (κ2) is 7.64. The topological polar surface area (TPSA) is 55.2 Å². The average molecular weight is 339 g/mol. The van der Waals surface area contributed by atoms with Crippen LogP contribution in [0.4, 0.5) is 0 Å². The summed E-state index contributed by atoms with van der Waals surface area (Å²) in [5.74, 6) is 0.0339. The van der Waals surface area contributed by atoms with Crippen molar-refractivity contribution in [2.24, 2.45) is 7.05 Å². The van der Waals surface area contributed by atoms with Crippen molar-refractivity contribution in [1.29, 1.82) is 0 Å². The number of carbonyl (C=O) groups is 2. The standard InChI is InChI=1S/C20H25N3O2/c1-22(13-15-12-21-23(2)14-15)20(25)10-9-19(24)18-8-7-16-5-3-4-6-17(16)11-18/h7-8,11-12,14H,3-6,9-10,13H2,1-2H3. The van der Waals surface area contributed by atoms with Gasteiger partial charge in [0.1, 0.15) is 0 Å². The van der Waals surface area contributed by atoms with Gasteiger partial charge in [-0.25, -0.2) is 0 Å². The molecule has 5 nitrogen and oxygen atoms in total. The lowest BCUT2D eigenvalue weighted by Crippen LogP contribution is -2.26. The molecule has 1 amide bonds. The number of amides is 1. The molecule has 0 spiro atoms. The summed E-state index contributed by atoms with van der Waals surface area (Å²) in [5.41, 5.74) is 4.40. The Morgan fingerprint density at radius 2 is 1.92 bits per heavy atom. The number of aromatic nitrogens is 2. The molecule has 0 bridgehead atoms. The van der Waals surface area contributed by atoms with Crippen molar-refractivity contribution >= 4 is 11.7 Å². The van der Waals surface area contributed by atoms with Gasteiger partial charge in [-0.2, -0.15) is 5.10 Å². The summed E-state index contributed by atoms with van der Waals surface area (Å²) < 4.78 is 1.72. The van der Waals surface area contributed by atoms with E-state index in [1.165, 1.54) is 24.0 Å². The number of hydrogen-bond acceptors (Lipinski definition) is 3. The van der Waals surface area contributed by atoms with Crippen LogP contribution in [0.2, 0.25) is 0 Å². The third kappa shape index (κ3) is 4.35. The van der Waals surface area contributed by atoms with Gasteiger partial charge in [-0.05, 0) is 42.9 Å². The predicted molar refractivity (Wildman–Crippen MR) is 96.3 cm³/mol. The molecule has 0 fully saturated rings. The number of Topliss-reactive ketones (excluding diaryl/α,β-unsaturated/α-hetero) is 1.